The predicted octanol–water partition coefficient (Wildman–Crippen LogP) is 1.71. The van der Waals surface area contributed by atoms with Gasteiger partial charge < -0.3 is 10.6 Å². The van der Waals surface area contributed by atoms with Crippen LogP contribution in [-0.4, -0.2) is 27.4 Å². The molecule has 0 aliphatic rings. The van der Waals surface area contributed by atoms with Crippen LogP contribution < -0.4 is 10.6 Å². The molecule has 21 heavy (non-hydrogen) atoms. The highest BCUT2D eigenvalue weighted by Crippen LogP contribution is 2.05. The number of nitrogens with zero attached hydrogens (tertiary/aromatic N) is 3. The van der Waals surface area contributed by atoms with Crippen molar-refractivity contribution in [2.24, 2.45) is 0 Å². The van der Waals surface area contributed by atoms with E-state index in [0.717, 1.165) is 11.3 Å². The van der Waals surface area contributed by atoms with Crippen molar-refractivity contribution in [3.63, 3.8) is 0 Å². The molecule has 0 aliphatic heterocycles. The molecule has 2 N–H and O–H groups in total. The molecule has 6 heteroatoms. The maximum Gasteiger partial charge on any atom is 0.270 e. The van der Waals surface area contributed by atoms with E-state index in [9.17, 15) is 4.79 Å². The van der Waals surface area contributed by atoms with E-state index in [2.05, 4.69) is 32.2 Å². The number of aromatic nitrogens is 3. The lowest BCUT2D eigenvalue weighted by molar-refractivity contribution is 0.0945. The molecule has 0 atom stereocenters. The van der Waals surface area contributed by atoms with Gasteiger partial charge in [-0.05, 0) is 30.7 Å². The second-order valence-electron chi connectivity index (χ2n) is 4.43. The molecule has 108 valence electrons. The summed E-state index contributed by atoms with van der Waals surface area (Å²) in [6.07, 6.45) is 5.08. The molecule has 0 unspecified atom stereocenters. The van der Waals surface area contributed by atoms with Crippen molar-refractivity contribution in [1.82, 2.24) is 20.3 Å². The van der Waals surface area contributed by atoms with Crippen LogP contribution >= 0.6 is 0 Å². The molecule has 1 amide bonds. The van der Waals surface area contributed by atoms with Gasteiger partial charge in [-0.3, -0.25) is 9.78 Å². The van der Waals surface area contributed by atoms with Crippen LogP contribution in [0, 0.1) is 6.92 Å². The number of amides is 1. The zero-order valence-corrected chi connectivity index (χ0v) is 11.8. The van der Waals surface area contributed by atoms with Crippen LogP contribution in [0.3, 0.4) is 0 Å². The number of carbonyl (C=O) groups excluding carboxylic acids is 1. The molecule has 0 radical (unpaired) electrons. The Morgan fingerprint density at radius 1 is 1.33 bits per heavy atom. The molecule has 6 nitrogen and oxygen atoms in total. The van der Waals surface area contributed by atoms with Crippen molar-refractivity contribution in [1.29, 1.82) is 0 Å². The number of anilines is 1. The topological polar surface area (TPSA) is 79.8 Å². The molecular weight excluding hydrogens is 266 g/mol. The number of hydrogen-bond acceptors (Lipinski definition) is 5. The fraction of sp³-hybridized carbons (Fsp3) is 0.200. The van der Waals surface area contributed by atoms with Crippen molar-refractivity contribution in [2.45, 2.75) is 13.5 Å². The zero-order chi connectivity index (χ0) is 15.1. The highest BCUT2D eigenvalue weighted by Gasteiger charge is 2.10. The molecule has 0 aliphatic carbocycles. The molecule has 2 aromatic rings. The summed E-state index contributed by atoms with van der Waals surface area (Å²) in [5.41, 5.74) is 2.04. The summed E-state index contributed by atoms with van der Waals surface area (Å²) < 4.78 is 0. The van der Waals surface area contributed by atoms with Gasteiger partial charge in [0, 0.05) is 31.2 Å². The summed E-state index contributed by atoms with van der Waals surface area (Å²) in [6, 6.07) is 5.35. The van der Waals surface area contributed by atoms with Gasteiger partial charge in [0.05, 0.1) is 0 Å². The van der Waals surface area contributed by atoms with Crippen molar-refractivity contribution in [2.75, 3.05) is 11.9 Å². The summed E-state index contributed by atoms with van der Waals surface area (Å²) in [5.74, 6) is 0.183. The summed E-state index contributed by atoms with van der Waals surface area (Å²) >= 11 is 0. The molecule has 0 bridgehead atoms. The molecule has 2 aromatic heterocycles. The fourth-order valence-corrected chi connectivity index (χ4v) is 1.70. The Bertz CT molecular complexity index is 627. The van der Waals surface area contributed by atoms with E-state index in [1.807, 2.05) is 19.1 Å². The van der Waals surface area contributed by atoms with E-state index in [4.69, 9.17) is 0 Å². The van der Waals surface area contributed by atoms with Crippen molar-refractivity contribution >= 4 is 11.9 Å². The number of carbonyl (C=O) groups is 1. The summed E-state index contributed by atoms with van der Waals surface area (Å²) in [4.78, 5) is 24.5. The quantitative estimate of drug-likeness (QED) is 0.789. The van der Waals surface area contributed by atoms with Crippen LogP contribution in [0.5, 0.6) is 0 Å². The van der Waals surface area contributed by atoms with Crippen LogP contribution in [0.15, 0.2) is 43.2 Å². The Kier molecular flexibility index (Phi) is 4.98. The zero-order valence-electron chi connectivity index (χ0n) is 11.8. The maximum atomic E-state index is 12.1. The maximum absolute atomic E-state index is 12.1. The lowest BCUT2D eigenvalue weighted by Gasteiger charge is -2.08. The lowest BCUT2D eigenvalue weighted by Crippen LogP contribution is -2.24. The van der Waals surface area contributed by atoms with Crippen LogP contribution in [0.1, 0.15) is 21.7 Å². The molecule has 2 heterocycles. The summed E-state index contributed by atoms with van der Waals surface area (Å²) in [6.45, 7) is 6.41. The van der Waals surface area contributed by atoms with Crippen molar-refractivity contribution in [3.8, 4) is 0 Å². The highest BCUT2D eigenvalue weighted by molar-refractivity contribution is 5.92. The van der Waals surface area contributed by atoms with Gasteiger partial charge in [0.2, 0.25) is 5.95 Å². The molecule has 2 rings (SSSR count). The largest absolute Gasteiger partial charge is 0.351 e. The third-order valence-corrected chi connectivity index (χ3v) is 2.69. The van der Waals surface area contributed by atoms with Gasteiger partial charge in [-0.1, -0.05) is 6.08 Å². The normalized spacial score (nSPS) is 9.95. The first kappa shape index (κ1) is 14.6. The third-order valence-electron chi connectivity index (χ3n) is 2.69. The minimum atomic E-state index is -0.237. The second kappa shape index (κ2) is 7.14. The molecule has 0 saturated carbocycles. The highest BCUT2D eigenvalue weighted by atomic mass is 16.1. The monoisotopic (exact) mass is 283 g/mol. The molecular formula is C15H17N5O. The molecule has 0 spiro atoms. The average molecular weight is 283 g/mol. The lowest BCUT2D eigenvalue weighted by atomic mass is 10.2. The SMILES string of the molecule is C=CCNc1nc(C)cc(C(=O)NCc2ccncc2)n1. The van der Waals surface area contributed by atoms with Gasteiger partial charge in [-0.25, -0.2) is 9.97 Å². The minimum Gasteiger partial charge on any atom is -0.351 e. The van der Waals surface area contributed by atoms with E-state index < -0.39 is 0 Å². The Hall–Kier alpha value is -2.76. The van der Waals surface area contributed by atoms with Gasteiger partial charge in [-0.2, -0.15) is 0 Å². The molecule has 0 fully saturated rings. The fourth-order valence-electron chi connectivity index (χ4n) is 1.70. The second-order valence-corrected chi connectivity index (χ2v) is 4.43. The minimum absolute atomic E-state index is 0.237. The van der Waals surface area contributed by atoms with Gasteiger partial charge in [-0.15, -0.1) is 6.58 Å². The number of aryl methyl sites for hydroxylation is 1. The Morgan fingerprint density at radius 3 is 2.81 bits per heavy atom. The van der Waals surface area contributed by atoms with E-state index in [1.165, 1.54) is 0 Å². The Labute approximate surface area is 123 Å². The van der Waals surface area contributed by atoms with Crippen LogP contribution in [0.2, 0.25) is 0 Å². The van der Waals surface area contributed by atoms with E-state index in [0.29, 0.717) is 24.7 Å². The first-order chi connectivity index (χ1) is 10.2. The van der Waals surface area contributed by atoms with Crippen molar-refractivity contribution in [3.05, 3.63) is 60.2 Å². The number of hydrogen-bond donors (Lipinski definition) is 2. The molecule has 0 saturated heterocycles. The Morgan fingerprint density at radius 2 is 2.10 bits per heavy atom. The van der Waals surface area contributed by atoms with Gasteiger partial charge in [0.1, 0.15) is 5.69 Å². The van der Waals surface area contributed by atoms with Gasteiger partial charge in [0.25, 0.3) is 5.91 Å². The van der Waals surface area contributed by atoms with Crippen LogP contribution in [-0.2, 0) is 6.54 Å². The predicted molar refractivity (Wildman–Crippen MR) is 80.9 cm³/mol. The summed E-state index contributed by atoms with van der Waals surface area (Å²) in [7, 11) is 0. The number of pyridine rings is 1. The average Bonchev–Trinajstić information content (AvgIpc) is 2.51. The van der Waals surface area contributed by atoms with E-state index in [1.54, 1.807) is 24.5 Å². The van der Waals surface area contributed by atoms with Gasteiger partial charge >= 0.3 is 0 Å². The Balaban J connectivity index is 2.04. The molecule has 0 aromatic carbocycles. The number of nitrogens with one attached hydrogen (secondary N) is 2. The van der Waals surface area contributed by atoms with Crippen LogP contribution in [0.4, 0.5) is 5.95 Å². The summed E-state index contributed by atoms with van der Waals surface area (Å²) in [5, 5.41) is 5.80. The van der Waals surface area contributed by atoms with E-state index in [-0.39, 0.29) is 5.91 Å². The van der Waals surface area contributed by atoms with Crippen molar-refractivity contribution < 1.29 is 4.79 Å². The standard InChI is InChI=1S/C15H17N5O/c1-3-6-17-15-19-11(2)9-13(20-15)14(21)18-10-12-4-7-16-8-5-12/h3-5,7-9H,1,6,10H2,2H3,(H,18,21)(H,17,19,20). The number of rotatable bonds is 6. The first-order valence-corrected chi connectivity index (χ1v) is 6.56. The van der Waals surface area contributed by atoms with Crippen LogP contribution in [0.25, 0.3) is 0 Å². The smallest absolute Gasteiger partial charge is 0.270 e. The van der Waals surface area contributed by atoms with Gasteiger partial charge in [0.15, 0.2) is 0 Å². The first-order valence-electron chi connectivity index (χ1n) is 6.56. The van der Waals surface area contributed by atoms with E-state index >= 15 is 0 Å². The third kappa shape index (κ3) is 4.38.